The third kappa shape index (κ3) is 2.16. The van der Waals surface area contributed by atoms with Crippen molar-refractivity contribution in [3.8, 4) is 21.8 Å². The predicted octanol–water partition coefficient (Wildman–Crippen LogP) is 5.27. The highest BCUT2D eigenvalue weighted by Crippen LogP contribution is 2.32. The van der Waals surface area contributed by atoms with Gasteiger partial charge in [0.15, 0.2) is 0 Å². The molecule has 2 aromatic carbocycles. The Hall–Kier alpha value is -2.39. The zero-order valence-electron chi connectivity index (χ0n) is 11.6. The molecule has 0 spiro atoms. The highest BCUT2D eigenvalue weighted by molar-refractivity contribution is 7.13. The second kappa shape index (κ2) is 4.86. The van der Waals surface area contributed by atoms with E-state index in [4.69, 9.17) is 4.98 Å². The highest BCUT2D eigenvalue weighted by atomic mass is 32.1. The van der Waals surface area contributed by atoms with Gasteiger partial charge in [-0.2, -0.15) is 0 Å². The molecule has 0 atom stereocenters. The topological polar surface area (TPSA) is 28.7 Å². The van der Waals surface area contributed by atoms with Crippen LogP contribution in [0, 0.1) is 6.92 Å². The van der Waals surface area contributed by atoms with Gasteiger partial charge in [0.2, 0.25) is 0 Å². The first kappa shape index (κ1) is 12.4. The number of aromatic nitrogens is 2. The summed E-state index contributed by atoms with van der Waals surface area (Å²) < 4.78 is 0. The van der Waals surface area contributed by atoms with Gasteiger partial charge in [-0.3, -0.25) is 0 Å². The van der Waals surface area contributed by atoms with Crippen LogP contribution in [0.4, 0.5) is 0 Å². The van der Waals surface area contributed by atoms with E-state index in [9.17, 15) is 0 Å². The molecule has 1 N–H and O–H groups in total. The molecule has 3 heteroatoms. The number of thiazole rings is 1. The molecule has 0 aliphatic carbocycles. The van der Waals surface area contributed by atoms with Crippen LogP contribution in [0.5, 0.6) is 0 Å². The Kier molecular flexibility index (Phi) is 2.86. The van der Waals surface area contributed by atoms with Crippen LogP contribution < -0.4 is 0 Å². The normalized spacial score (nSPS) is 11.1. The fourth-order valence-electron chi connectivity index (χ4n) is 2.51. The van der Waals surface area contributed by atoms with E-state index in [1.165, 1.54) is 22.1 Å². The Morgan fingerprint density at radius 1 is 1.00 bits per heavy atom. The van der Waals surface area contributed by atoms with Crippen molar-refractivity contribution >= 4 is 22.2 Å². The highest BCUT2D eigenvalue weighted by Gasteiger charge is 2.10. The van der Waals surface area contributed by atoms with Crippen molar-refractivity contribution in [2.45, 2.75) is 6.92 Å². The Morgan fingerprint density at radius 2 is 1.81 bits per heavy atom. The monoisotopic (exact) mass is 290 g/mol. The number of fused-ring (bicyclic) bond motifs is 1. The van der Waals surface area contributed by atoms with Crippen LogP contribution in [0.25, 0.3) is 32.7 Å². The van der Waals surface area contributed by atoms with Gasteiger partial charge in [-0.25, -0.2) is 4.98 Å². The van der Waals surface area contributed by atoms with Gasteiger partial charge >= 0.3 is 0 Å². The number of nitrogens with zero attached hydrogens (tertiary/aromatic N) is 1. The van der Waals surface area contributed by atoms with Crippen LogP contribution in [0.15, 0.2) is 60.1 Å². The predicted molar refractivity (Wildman–Crippen MR) is 89.6 cm³/mol. The summed E-state index contributed by atoms with van der Waals surface area (Å²) in [4.78, 5) is 8.11. The number of H-pyrrole nitrogens is 1. The maximum Gasteiger partial charge on any atom is 0.124 e. The Balaban J connectivity index is 1.79. The molecular formula is C18H14N2S. The third-order valence-corrected chi connectivity index (χ3v) is 4.56. The summed E-state index contributed by atoms with van der Waals surface area (Å²) in [6.45, 7) is 2.10. The van der Waals surface area contributed by atoms with Gasteiger partial charge in [0.25, 0.3) is 0 Å². The molecule has 0 saturated heterocycles. The van der Waals surface area contributed by atoms with Gasteiger partial charge in [0.1, 0.15) is 5.01 Å². The van der Waals surface area contributed by atoms with Crippen LogP contribution >= 0.6 is 11.3 Å². The molecule has 102 valence electrons. The molecule has 2 aromatic heterocycles. The second-order valence-corrected chi connectivity index (χ2v) is 6.01. The first-order valence-corrected chi connectivity index (χ1v) is 7.78. The smallest absolute Gasteiger partial charge is 0.124 e. The van der Waals surface area contributed by atoms with Crippen molar-refractivity contribution in [1.29, 1.82) is 0 Å². The van der Waals surface area contributed by atoms with Crippen molar-refractivity contribution in [1.82, 2.24) is 9.97 Å². The van der Waals surface area contributed by atoms with Crippen LogP contribution in [0.2, 0.25) is 0 Å². The van der Waals surface area contributed by atoms with E-state index in [0.29, 0.717) is 0 Å². The second-order valence-electron chi connectivity index (χ2n) is 5.15. The van der Waals surface area contributed by atoms with E-state index >= 15 is 0 Å². The van der Waals surface area contributed by atoms with Gasteiger partial charge in [-0.15, -0.1) is 11.3 Å². The largest absolute Gasteiger partial charge is 0.360 e. The Bertz CT molecular complexity index is 900. The Morgan fingerprint density at radius 3 is 2.67 bits per heavy atom. The van der Waals surface area contributed by atoms with Crippen LogP contribution in [-0.4, -0.2) is 9.97 Å². The summed E-state index contributed by atoms with van der Waals surface area (Å²) in [6.07, 6.45) is 2.04. The van der Waals surface area contributed by atoms with Crippen LogP contribution in [0.3, 0.4) is 0 Å². The number of hydrogen-bond acceptors (Lipinski definition) is 2. The molecule has 0 fully saturated rings. The fourth-order valence-corrected chi connectivity index (χ4v) is 3.34. The van der Waals surface area contributed by atoms with Gasteiger partial charge in [-0.1, -0.05) is 48.0 Å². The lowest BCUT2D eigenvalue weighted by molar-refractivity contribution is 1.39. The lowest BCUT2D eigenvalue weighted by Crippen LogP contribution is -1.79. The van der Waals surface area contributed by atoms with Crippen molar-refractivity contribution in [2.75, 3.05) is 0 Å². The minimum absolute atomic E-state index is 1.04. The van der Waals surface area contributed by atoms with Gasteiger partial charge < -0.3 is 4.98 Å². The molecule has 2 nitrogen and oxygen atoms in total. The minimum Gasteiger partial charge on any atom is -0.360 e. The molecule has 4 aromatic rings. The summed E-state index contributed by atoms with van der Waals surface area (Å²) in [5.41, 5.74) is 5.80. The molecule has 2 heterocycles. The molecule has 0 aliphatic heterocycles. The zero-order chi connectivity index (χ0) is 14.2. The molecule has 0 saturated carbocycles. The average Bonchev–Trinajstić information content (AvgIpc) is 3.14. The Labute approximate surface area is 127 Å². The summed E-state index contributed by atoms with van der Waals surface area (Å²) >= 11 is 1.69. The maximum atomic E-state index is 4.80. The molecule has 21 heavy (non-hydrogen) atoms. The number of rotatable bonds is 2. The fraction of sp³-hybridized carbons (Fsp3) is 0.0556. The van der Waals surface area contributed by atoms with Gasteiger partial charge in [-0.05, 0) is 13.0 Å². The van der Waals surface area contributed by atoms with Crippen molar-refractivity contribution < 1.29 is 0 Å². The average molecular weight is 290 g/mol. The number of nitrogens with one attached hydrogen (secondary N) is 1. The van der Waals surface area contributed by atoms with Crippen molar-refractivity contribution in [3.05, 3.63) is 65.7 Å². The summed E-state index contributed by atoms with van der Waals surface area (Å²) in [5.74, 6) is 0. The first-order valence-electron chi connectivity index (χ1n) is 6.90. The first-order chi connectivity index (χ1) is 10.3. The zero-order valence-corrected chi connectivity index (χ0v) is 12.4. The number of aryl methyl sites for hydroxylation is 1. The van der Waals surface area contributed by atoms with E-state index in [-0.39, 0.29) is 0 Å². The van der Waals surface area contributed by atoms with E-state index in [0.717, 1.165) is 16.2 Å². The molecular weight excluding hydrogens is 276 g/mol. The van der Waals surface area contributed by atoms with Gasteiger partial charge in [0.05, 0.1) is 5.69 Å². The van der Waals surface area contributed by atoms with E-state index in [1.807, 2.05) is 12.3 Å². The van der Waals surface area contributed by atoms with E-state index in [2.05, 4.69) is 59.8 Å². The number of benzene rings is 2. The van der Waals surface area contributed by atoms with Gasteiger partial charge in [0, 0.05) is 33.6 Å². The van der Waals surface area contributed by atoms with E-state index in [1.54, 1.807) is 11.3 Å². The molecule has 4 rings (SSSR count). The van der Waals surface area contributed by atoms with Crippen LogP contribution in [0.1, 0.15) is 5.56 Å². The lowest BCUT2D eigenvalue weighted by atomic mass is 10.1. The molecule has 0 unspecified atom stereocenters. The number of aromatic amines is 1. The van der Waals surface area contributed by atoms with E-state index < -0.39 is 0 Å². The summed E-state index contributed by atoms with van der Waals surface area (Å²) in [6, 6.07) is 16.8. The number of hydrogen-bond donors (Lipinski definition) is 1. The number of para-hydroxylation sites is 1. The molecule has 0 bridgehead atoms. The molecule has 0 radical (unpaired) electrons. The van der Waals surface area contributed by atoms with Crippen molar-refractivity contribution in [3.63, 3.8) is 0 Å². The summed E-state index contributed by atoms with van der Waals surface area (Å²) in [7, 11) is 0. The SMILES string of the molecule is Cc1ccc(-c2nc(-c3c[nH]c4ccccc34)cs2)cc1. The summed E-state index contributed by atoms with van der Waals surface area (Å²) in [5, 5.41) is 4.42. The lowest BCUT2D eigenvalue weighted by Gasteiger charge is -1.97. The standard InChI is InChI=1S/C18H14N2S/c1-12-6-8-13(9-7-12)18-20-17(11-21-18)15-10-19-16-5-3-2-4-14(15)16/h2-11,19H,1H3. The van der Waals surface area contributed by atoms with Crippen LogP contribution in [-0.2, 0) is 0 Å². The minimum atomic E-state index is 1.04. The quantitative estimate of drug-likeness (QED) is 0.535. The maximum absolute atomic E-state index is 4.80. The molecule has 0 aliphatic rings. The van der Waals surface area contributed by atoms with Crippen molar-refractivity contribution in [2.24, 2.45) is 0 Å². The third-order valence-electron chi connectivity index (χ3n) is 3.67. The molecule has 0 amide bonds.